The van der Waals surface area contributed by atoms with E-state index in [1.54, 1.807) is 6.20 Å². The van der Waals surface area contributed by atoms with Crippen LogP contribution in [0, 0.1) is 18.3 Å². The molecule has 1 N–H and O–H groups in total. The van der Waals surface area contributed by atoms with Crippen LogP contribution in [-0.2, 0) is 0 Å². The lowest BCUT2D eigenvalue weighted by Crippen LogP contribution is -1.94. The summed E-state index contributed by atoms with van der Waals surface area (Å²) in [7, 11) is 1.46. The lowest BCUT2D eigenvalue weighted by molar-refractivity contribution is 0.112. The van der Waals surface area contributed by atoms with Crippen molar-refractivity contribution in [3.63, 3.8) is 0 Å². The predicted octanol–water partition coefficient (Wildman–Crippen LogP) is 3.23. The molecule has 0 saturated carbocycles. The topological polar surface area (TPSA) is 78.8 Å². The molecule has 5 heteroatoms. The first-order valence-corrected chi connectivity index (χ1v) is 6.71. The Hall–Kier alpha value is -3.13. The summed E-state index contributed by atoms with van der Waals surface area (Å²) in [5.41, 5.74) is 4.01. The fraction of sp³-hybridized carbons (Fsp3) is 0.118. The Balaban J connectivity index is 2.41. The van der Waals surface area contributed by atoms with Crippen molar-refractivity contribution < 1.29 is 9.53 Å². The van der Waals surface area contributed by atoms with Gasteiger partial charge in [-0.05, 0) is 12.5 Å². The van der Waals surface area contributed by atoms with E-state index in [0.717, 1.165) is 11.1 Å². The van der Waals surface area contributed by atoms with Crippen LogP contribution in [0.4, 0.5) is 0 Å². The van der Waals surface area contributed by atoms with Crippen molar-refractivity contribution in [2.24, 2.45) is 0 Å². The highest BCUT2D eigenvalue weighted by molar-refractivity contribution is 6.03. The summed E-state index contributed by atoms with van der Waals surface area (Å²) in [6, 6.07) is 9.97. The molecule has 3 aromatic rings. The van der Waals surface area contributed by atoms with E-state index in [9.17, 15) is 10.1 Å². The van der Waals surface area contributed by atoms with Gasteiger partial charge in [0.1, 0.15) is 11.6 Å². The quantitative estimate of drug-likeness (QED) is 0.751. The SMILES string of the molecule is COc1ncc2c(C#N)c(-c3ccccc3C)[nH]c2c1C=O. The largest absolute Gasteiger partial charge is 0.480 e. The standard InChI is InChI=1S/C17H13N3O2/c1-10-5-3-4-6-11(10)15-12(7-18)13-8-19-17(22-2)14(9-21)16(13)20-15/h3-6,8-9,20H,1-2H3. The molecule has 2 aromatic heterocycles. The van der Waals surface area contributed by atoms with E-state index in [0.29, 0.717) is 34.0 Å². The van der Waals surface area contributed by atoms with Crippen molar-refractivity contribution in [2.45, 2.75) is 6.92 Å². The Morgan fingerprint density at radius 1 is 1.36 bits per heavy atom. The van der Waals surface area contributed by atoms with E-state index in [1.165, 1.54) is 7.11 Å². The Morgan fingerprint density at radius 3 is 2.77 bits per heavy atom. The summed E-state index contributed by atoms with van der Waals surface area (Å²) < 4.78 is 5.11. The van der Waals surface area contributed by atoms with Gasteiger partial charge < -0.3 is 9.72 Å². The van der Waals surface area contributed by atoms with Crippen molar-refractivity contribution >= 4 is 17.2 Å². The minimum absolute atomic E-state index is 0.240. The molecule has 0 atom stereocenters. The number of benzene rings is 1. The Bertz CT molecular complexity index is 920. The highest BCUT2D eigenvalue weighted by atomic mass is 16.5. The van der Waals surface area contributed by atoms with E-state index >= 15 is 0 Å². The van der Waals surface area contributed by atoms with Gasteiger partial charge in [0.15, 0.2) is 6.29 Å². The Morgan fingerprint density at radius 2 is 2.14 bits per heavy atom. The number of nitrogens with one attached hydrogen (secondary N) is 1. The summed E-state index contributed by atoms with van der Waals surface area (Å²) in [5.74, 6) is 0.240. The number of pyridine rings is 1. The number of fused-ring (bicyclic) bond motifs is 1. The summed E-state index contributed by atoms with van der Waals surface area (Å²) in [6.45, 7) is 1.97. The third-order valence-electron chi connectivity index (χ3n) is 3.69. The van der Waals surface area contributed by atoms with Gasteiger partial charge in [-0.1, -0.05) is 24.3 Å². The third-order valence-corrected chi connectivity index (χ3v) is 3.69. The van der Waals surface area contributed by atoms with Crippen molar-refractivity contribution in [3.05, 3.63) is 47.2 Å². The predicted molar refractivity (Wildman–Crippen MR) is 82.9 cm³/mol. The van der Waals surface area contributed by atoms with E-state index in [2.05, 4.69) is 16.0 Å². The fourth-order valence-electron chi connectivity index (χ4n) is 2.60. The number of carbonyl (C=O) groups is 1. The summed E-state index contributed by atoms with van der Waals surface area (Å²) in [5, 5.41) is 10.1. The molecule has 22 heavy (non-hydrogen) atoms. The average molecular weight is 291 g/mol. The summed E-state index contributed by atoms with van der Waals surface area (Å²) in [4.78, 5) is 18.7. The normalized spacial score (nSPS) is 10.4. The first-order chi connectivity index (χ1) is 10.7. The zero-order valence-corrected chi connectivity index (χ0v) is 12.2. The van der Waals surface area contributed by atoms with E-state index in [-0.39, 0.29) is 5.88 Å². The van der Waals surface area contributed by atoms with Gasteiger partial charge in [0, 0.05) is 17.1 Å². The molecule has 2 heterocycles. The number of nitrogens with zero attached hydrogens (tertiary/aromatic N) is 2. The molecule has 0 bridgehead atoms. The molecule has 5 nitrogen and oxygen atoms in total. The smallest absolute Gasteiger partial charge is 0.225 e. The molecule has 0 saturated heterocycles. The second kappa shape index (κ2) is 5.34. The van der Waals surface area contributed by atoms with Crippen molar-refractivity contribution in [3.8, 4) is 23.2 Å². The van der Waals surface area contributed by atoms with E-state index < -0.39 is 0 Å². The van der Waals surface area contributed by atoms with Gasteiger partial charge >= 0.3 is 0 Å². The van der Waals surface area contributed by atoms with Gasteiger partial charge in [0.2, 0.25) is 5.88 Å². The first kappa shape index (κ1) is 13.8. The summed E-state index contributed by atoms with van der Waals surface area (Å²) >= 11 is 0. The van der Waals surface area contributed by atoms with Crippen LogP contribution in [-0.4, -0.2) is 23.4 Å². The van der Waals surface area contributed by atoms with Gasteiger partial charge in [0.05, 0.1) is 23.9 Å². The lowest BCUT2D eigenvalue weighted by Gasteiger charge is -2.03. The van der Waals surface area contributed by atoms with Crippen molar-refractivity contribution in [2.75, 3.05) is 7.11 Å². The number of aromatic nitrogens is 2. The number of hydrogen-bond acceptors (Lipinski definition) is 4. The van der Waals surface area contributed by atoms with Gasteiger partial charge in [-0.2, -0.15) is 5.26 Å². The molecule has 0 aliphatic carbocycles. The number of nitriles is 1. The zero-order valence-electron chi connectivity index (χ0n) is 12.2. The minimum Gasteiger partial charge on any atom is -0.480 e. The number of aldehydes is 1. The van der Waals surface area contributed by atoms with Crippen LogP contribution < -0.4 is 4.74 Å². The van der Waals surface area contributed by atoms with Gasteiger partial charge in [-0.3, -0.25) is 4.79 Å². The first-order valence-electron chi connectivity index (χ1n) is 6.71. The van der Waals surface area contributed by atoms with Crippen LogP contribution in [0.15, 0.2) is 30.5 Å². The van der Waals surface area contributed by atoms with Crippen LogP contribution in [0.3, 0.4) is 0 Å². The molecular weight excluding hydrogens is 278 g/mol. The van der Waals surface area contributed by atoms with Gasteiger partial charge in [-0.25, -0.2) is 4.98 Å². The number of aryl methyl sites for hydroxylation is 1. The van der Waals surface area contributed by atoms with Crippen molar-refractivity contribution in [1.82, 2.24) is 9.97 Å². The zero-order chi connectivity index (χ0) is 15.7. The Labute approximate surface area is 127 Å². The maximum Gasteiger partial charge on any atom is 0.225 e. The van der Waals surface area contributed by atoms with Crippen LogP contribution in [0.5, 0.6) is 5.88 Å². The minimum atomic E-state index is 0.240. The molecule has 1 aromatic carbocycles. The fourth-order valence-corrected chi connectivity index (χ4v) is 2.60. The maximum atomic E-state index is 11.4. The Kier molecular flexibility index (Phi) is 3.36. The van der Waals surface area contributed by atoms with Gasteiger partial charge in [-0.15, -0.1) is 0 Å². The van der Waals surface area contributed by atoms with Crippen LogP contribution in [0.25, 0.3) is 22.2 Å². The number of ether oxygens (including phenoxy) is 1. The highest BCUT2D eigenvalue weighted by Gasteiger charge is 2.19. The van der Waals surface area contributed by atoms with Crippen LogP contribution in [0.1, 0.15) is 21.5 Å². The van der Waals surface area contributed by atoms with E-state index in [1.807, 2.05) is 31.2 Å². The molecule has 0 radical (unpaired) electrons. The average Bonchev–Trinajstić information content (AvgIpc) is 2.92. The van der Waals surface area contributed by atoms with Gasteiger partial charge in [0.25, 0.3) is 0 Å². The molecule has 0 aliphatic rings. The molecule has 108 valence electrons. The molecule has 0 aliphatic heterocycles. The number of rotatable bonds is 3. The second-order valence-corrected chi connectivity index (χ2v) is 4.89. The molecule has 0 fully saturated rings. The summed E-state index contributed by atoms with van der Waals surface area (Å²) in [6.07, 6.45) is 2.24. The molecular formula is C17H13N3O2. The number of aromatic amines is 1. The molecule has 3 rings (SSSR count). The number of hydrogen-bond donors (Lipinski definition) is 1. The number of carbonyl (C=O) groups excluding carboxylic acids is 1. The van der Waals surface area contributed by atoms with E-state index in [4.69, 9.17) is 4.74 Å². The lowest BCUT2D eigenvalue weighted by atomic mass is 10.0. The molecule has 0 unspecified atom stereocenters. The third kappa shape index (κ3) is 1.93. The van der Waals surface area contributed by atoms with Crippen molar-refractivity contribution in [1.29, 1.82) is 5.26 Å². The number of H-pyrrole nitrogens is 1. The van der Waals surface area contributed by atoms with Crippen LogP contribution in [0.2, 0.25) is 0 Å². The molecule has 0 spiro atoms. The monoisotopic (exact) mass is 291 g/mol. The highest BCUT2D eigenvalue weighted by Crippen LogP contribution is 2.34. The molecule has 0 amide bonds. The maximum absolute atomic E-state index is 11.4. The second-order valence-electron chi connectivity index (χ2n) is 4.89. The van der Waals surface area contributed by atoms with Crippen LogP contribution >= 0.6 is 0 Å². The number of methoxy groups -OCH3 is 1.